The fourth-order valence-corrected chi connectivity index (χ4v) is 5.32. The molecule has 2 amide bonds. The SMILES string of the molecule is Cc1ccc(-c2nnn(CC(=O)N(Cc3ccc4c(c3)OCO4)[C@H](C(=O)NCc3ccccc3)c3cccs3)n2)o1. The van der Waals surface area contributed by atoms with E-state index in [1.807, 2.05) is 66.9 Å². The number of tetrazole rings is 1. The molecule has 1 aliphatic rings. The van der Waals surface area contributed by atoms with Gasteiger partial charge >= 0.3 is 0 Å². The number of carbonyl (C=O) groups is 2. The molecule has 6 rings (SSSR count). The normalized spacial score (nSPS) is 12.7. The van der Waals surface area contributed by atoms with Crippen LogP contribution < -0.4 is 14.8 Å². The van der Waals surface area contributed by atoms with Gasteiger partial charge in [0.25, 0.3) is 0 Å². The number of carbonyl (C=O) groups excluding carboxylic acids is 2. The number of ether oxygens (including phenoxy) is 2. The number of aryl methyl sites for hydroxylation is 1. The van der Waals surface area contributed by atoms with Crippen molar-refractivity contribution < 1.29 is 23.5 Å². The summed E-state index contributed by atoms with van der Waals surface area (Å²) in [5.41, 5.74) is 1.73. The van der Waals surface area contributed by atoms with Gasteiger partial charge in [0.05, 0.1) is 0 Å². The van der Waals surface area contributed by atoms with Crippen LogP contribution >= 0.6 is 11.3 Å². The highest BCUT2D eigenvalue weighted by atomic mass is 32.1. The molecule has 3 aromatic heterocycles. The minimum absolute atomic E-state index is 0.135. The highest BCUT2D eigenvalue weighted by Crippen LogP contribution is 2.34. The van der Waals surface area contributed by atoms with E-state index in [1.54, 1.807) is 18.2 Å². The molecule has 0 unspecified atom stereocenters. The maximum Gasteiger partial charge on any atom is 0.248 e. The molecule has 5 aromatic rings. The van der Waals surface area contributed by atoms with Crippen LogP contribution in [0.25, 0.3) is 11.6 Å². The molecule has 0 radical (unpaired) electrons. The van der Waals surface area contributed by atoms with Gasteiger partial charge in [0, 0.05) is 18.0 Å². The number of hydrogen-bond acceptors (Lipinski definition) is 9. The van der Waals surface area contributed by atoms with Crippen LogP contribution in [0, 0.1) is 6.92 Å². The molecule has 2 aromatic carbocycles. The molecular formula is C29H26N6O5S. The molecule has 0 fully saturated rings. The second kappa shape index (κ2) is 11.6. The Morgan fingerprint density at radius 1 is 1.02 bits per heavy atom. The molecular weight excluding hydrogens is 544 g/mol. The van der Waals surface area contributed by atoms with E-state index in [0.29, 0.717) is 29.6 Å². The second-order valence-corrected chi connectivity index (χ2v) is 10.4. The highest BCUT2D eigenvalue weighted by Gasteiger charge is 2.33. The molecule has 0 saturated carbocycles. The average molecular weight is 571 g/mol. The lowest BCUT2D eigenvalue weighted by molar-refractivity contribution is -0.142. The van der Waals surface area contributed by atoms with Gasteiger partial charge in [-0.2, -0.15) is 4.80 Å². The third kappa shape index (κ3) is 5.97. The van der Waals surface area contributed by atoms with Crippen molar-refractivity contribution in [1.29, 1.82) is 0 Å². The third-order valence-corrected chi connectivity index (χ3v) is 7.41. The maximum atomic E-state index is 14.0. The summed E-state index contributed by atoms with van der Waals surface area (Å²) < 4.78 is 16.6. The third-order valence-electron chi connectivity index (χ3n) is 6.48. The zero-order chi connectivity index (χ0) is 28.2. The molecule has 0 spiro atoms. The molecule has 4 heterocycles. The first kappa shape index (κ1) is 26.3. The van der Waals surface area contributed by atoms with Gasteiger partial charge in [0.1, 0.15) is 18.3 Å². The number of nitrogens with zero attached hydrogens (tertiary/aromatic N) is 5. The molecule has 11 nitrogen and oxygen atoms in total. The molecule has 208 valence electrons. The Morgan fingerprint density at radius 3 is 2.66 bits per heavy atom. The molecule has 12 heteroatoms. The van der Waals surface area contributed by atoms with Crippen molar-refractivity contribution in [2.24, 2.45) is 0 Å². The van der Waals surface area contributed by atoms with Crippen molar-refractivity contribution in [2.75, 3.05) is 6.79 Å². The Kier molecular flexibility index (Phi) is 7.46. The van der Waals surface area contributed by atoms with Crippen LogP contribution in [0.4, 0.5) is 0 Å². The van der Waals surface area contributed by atoms with Crippen LogP contribution in [0.15, 0.2) is 82.6 Å². The lowest BCUT2D eigenvalue weighted by atomic mass is 10.1. The zero-order valence-electron chi connectivity index (χ0n) is 22.1. The molecule has 1 atom stereocenters. The summed E-state index contributed by atoms with van der Waals surface area (Å²) in [7, 11) is 0. The predicted octanol–water partition coefficient (Wildman–Crippen LogP) is 4.12. The molecule has 41 heavy (non-hydrogen) atoms. The number of fused-ring (bicyclic) bond motifs is 1. The van der Waals surface area contributed by atoms with Crippen LogP contribution in [0.5, 0.6) is 11.5 Å². The number of nitrogens with one attached hydrogen (secondary N) is 1. The van der Waals surface area contributed by atoms with Crippen LogP contribution in [0.3, 0.4) is 0 Å². The first-order chi connectivity index (χ1) is 20.0. The number of amides is 2. The zero-order valence-corrected chi connectivity index (χ0v) is 22.9. The molecule has 1 N–H and O–H groups in total. The van der Waals surface area contributed by atoms with E-state index in [1.165, 1.54) is 21.0 Å². The van der Waals surface area contributed by atoms with Gasteiger partial charge in [0.2, 0.25) is 24.4 Å². The molecule has 0 bridgehead atoms. The van der Waals surface area contributed by atoms with Gasteiger partial charge in [-0.05, 0) is 59.0 Å². The fraction of sp³-hybridized carbons (Fsp3) is 0.207. The van der Waals surface area contributed by atoms with Crippen LogP contribution in [0.2, 0.25) is 0 Å². The number of aromatic nitrogens is 4. The van der Waals surface area contributed by atoms with E-state index >= 15 is 0 Å². The van der Waals surface area contributed by atoms with Crippen LogP contribution in [0.1, 0.15) is 27.8 Å². The smallest absolute Gasteiger partial charge is 0.248 e. The minimum atomic E-state index is -0.896. The minimum Gasteiger partial charge on any atom is -0.458 e. The highest BCUT2D eigenvalue weighted by molar-refractivity contribution is 7.10. The Balaban J connectivity index is 1.30. The van der Waals surface area contributed by atoms with E-state index in [4.69, 9.17) is 13.9 Å². The Bertz CT molecular complexity index is 1650. The number of hydrogen-bond donors (Lipinski definition) is 1. The maximum absolute atomic E-state index is 14.0. The summed E-state index contributed by atoms with van der Waals surface area (Å²) in [6.07, 6.45) is 0. The van der Waals surface area contributed by atoms with Crippen LogP contribution in [-0.4, -0.2) is 43.7 Å². The van der Waals surface area contributed by atoms with Crippen molar-refractivity contribution in [3.8, 4) is 23.1 Å². The number of thiophene rings is 1. The average Bonchev–Trinajstić information content (AvgIpc) is 3.80. The van der Waals surface area contributed by atoms with Gasteiger partial charge < -0.3 is 24.1 Å². The van der Waals surface area contributed by atoms with Gasteiger partial charge in [0.15, 0.2) is 17.3 Å². The van der Waals surface area contributed by atoms with Crippen molar-refractivity contribution in [2.45, 2.75) is 32.6 Å². The van der Waals surface area contributed by atoms with Crippen molar-refractivity contribution in [3.05, 3.63) is 99.9 Å². The van der Waals surface area contributed by atoms with E-state index in [-0.39, 0.29) is 37.5 Å². The van der Waals surface area contributed by atoms with E-state index in [2.05, 4.69) is 20.7 Å². The standard InChI is InChI=1S/C29H26N6O5S/c1-19-9-11-23(40-19)28-31-33-35(32-28)17-26(36)34(16-21-10-12-22-24(14-21)39-18-38-22)27(25-8-5-13-41-25)29(37)30-15-20-6-3-2-4-7-20/h2-14,27H,15-18H2,1H3,(H,30,37)/t27-/m0/s1. The largest absolute Gasteiger partial charge is 0.458 e. The topological polar surface area (TPSA) is 125 Å². The van der Waals surface area contributed by atoms with Gasteiger partial charge in [-0.25, -0.2) is 0 Å². The second-order valence-electron chi connectivity index (χ2n) is 9.38. The monoisotopic (exact) mass is 570 g/mol. The quantitative estimate of drug-likeness (QED) is 0.266. The van der Waals surface area contributed by atoms with Gasteiger partial charge in [-0.15, -0.1) is 21.5 Å². The van der Waals surface area contributed by atoms with Gasteiger partial charge in [-0.3, -0.25) is 9.59 Å². The van der Waals surface area contributed by atoms with E-state index in [0.717, 1.165) is 16.0 Å². The molecule has 0 aliphatic carbocycles. The Labute approximate surface area is 239 Å². The molecule has 1 aliphatic heterocycles. The summed E-state index contributed by atoms with van der Waals surface area (Å²) in [5.74, 6) is 1.99. The molecule has 0 saturated heterocycles. The van der Waals surface area contributed by atoms with Crippen molar-refractivity contribution in [3.63, 3.8) is 0 Å². The Morgan fingerprint density at radius 2 is 1.88 bits per heavy atom. The number of benzene rings is 2. The summed E-state index contributed by atoms with van der Waals surface area (Å²) in [5, 5.41) is 17.3. The first-order valence-corrected chi connectivity index (χ1v) is 13.8. The fourth-order valence-electron chi connectivity index (χ4n) is 4.49. The first-order valence-electron chi connectivity index (χ1n) is 12.9. The summed E-state index contributed by atoms with van der Waals surface area (Å²) in [6.45, 7) is 2.18. The van der Waals surface area contributed by atoms with E-state index < -0.39 is 6.04 Å². The van der Waals surface area contributed by atoms with Crippen molar-refractivity contribution in [1.82, 2.24) is 30.4 Å². The lowest BCUT2D eigenvalue weighted by Crippen LogP contribution is -2.44. The summed E-state index contributed by atoms with van der Waals surface area (Å²) in [6, 6.07) is 21.4. The lowest BCUT2D eigenvalue weighted by Gasteiger charge is -2.30. The summed E-state index contributed by atoms with van der Waals surface area (Å²) in [4.78, 5) is 31.2. The predicted molar refractivity (Wildman–Crippen MR) is 149 cm³/mol. The summed E-state index contributed by atoms with van der Waals surface area (Å²) >= 11 is 1.41. The Hall–Kier alpha value is -4.97. The van der Waals surface area contributed by atoms with Crippen LogP contribution in [-0.2, 0) is 29.2 Å². The van der Waals surface area contributed by atoms with E-state index in [9.17, 15) is 9.59 Å². The van der Waals surface area contributed by atoms with Gasteiger partial charge in [-0.1, -0.05) is 42.5 Å². The number of furan rings is 1. The number of rotatable bonds is 10. The van der Waals surface area contributed by atoms with Crippen molar-refractivity contribution >= 4 is 23.2 Å².